The van der Waals surface area contributed by atoms with Crippen LogP contribution in [0.2, 0.25) is 0 Å². The third kappa shape index (κ3) is 21.8. The summed E-state index contributed by atoms with van der Waals surface area (Å²) in [5, 5.41) is 0. The van der Waals surface area contributed by atoms with Gasteiger partial charge in [0.2, 0.25) is 0 Å². The molecule has 0 atom stereocenters. The molecular formula is H2Cl3OYb. The van der Waals surface area contributed by atoms with Gasteiger partial charge in [-0.1, -0.05) is 0 Å². The fourth-order valence-electron chi connectivity index (χ4n) is 0. The van der Waals surface area contributed by atoms with Crippen molar-refractivity contribution in [3.63, 3.8) is 0 Å². The minimum absolute atomic E-state index is 0. The van der Waals surface area contributed by atoms with Gasteiger partial charge in [0.25, 0.3) is 0 Å². The molecule has 2 N–H and O–H groups in total. The van der Waals surface area contributed by atoms with Gasteiger partial charge in [-0.3, -0.25) is 0 Å². The number of halogens is 3. The maximum Gasteiger partial charge on any atom is 3.00 e. The molecule has 5 heavy (non-hydrogen) atoms. The van der Waals surface area contributed by atoms with Crippen molar-refractivity contribution in [2.75, 3.05) is 0 Å². The molecule has 43 valence electrons. The summed E-state index contributed by atoms with van der Waals surface area (Å²) in [6, 6.07) is 0. The summed E-state index contributed by atoms with van der Waals surface area (Å²) in [6.07, 6.45) is 0. The molecule has 0 amide bonds. The van der Waals surface area contributed by atoms with E-state index in [-0.39, 0.29) is 89.6 Å². The molecule has 0 bridgehead atoms. The molecule has 1 nitrogen and oxygen atoms in total. The van der Waals surface area contributed by atoms with Crippen LogP contribution in [0.15, 0.2) is 0 Å². The van der Waals surface area contributed by atoms with Gasteiger partial charge in [0, 0.05) is 0 Å². The second-order valence-corrected chi connectivity index (χ2v) is 0. The summed E-state index contributed by atoms with van der Waals surface area (Å²) in [4.78, 5) is 0. The Morgan fingerprint density at radius 3 is 0.600 bits per heavy atom. The van der Waals surface area contributed by atoms with Crippen LogP contribution in [0.25, 0.3) is 0 Å². The fraction of sp³-hybridized carbons (Fsp3) is 0. The summed E-state index contributed by atoms with van der Waals surface area (Å²) < 4.78 is 0. The van der Waals surface area contributed by atoms with Crippen molar-refractivity contribution in [3.8, 4) is 0 Å². The Labute approximate surface area is 88.0 Å². The quantitative estimate of drug-likeness (QED) is 0.425. The first kappa shape index (κ1) is 53.7. The average Bonchev–Trinajstić information content (AvgIpc) is 0. The molecular weight excluding hydrogens is 295 g/mol. The molecule has 0 spiro atoms. The van der Waals surface area contributed by atoms with E-state index in [1.807, 2.05) is 0 Å². The molecule has 0 aliphatic carbocycles. The monoisotopic (exact) mass is 297 g/mol. The van der Waals surface area contributed by atoms with Crippen molar-refractivity contribution in [1.82, 2.24) is 0 Å². The van der Waals surface area contributed by atoms with Crippen LogP contribution in [-0.2, 0) is 0 Å². The van der Waals surface area contributed by atoms with E-state index in [9.17, 15) is 0 Å². The SMILES string of the molecule is O.[Cl-].[Cl-].[Cl-].[Yb+3]. The standard InChI is InChI=1S/3ClH.H2O.Yb/h3*1H;1H2;/q;;;;+3/p-3. The van der Waals surface area contributed by atoms with Crippen molar-refractivity contribution in [2.45, 2.75) is 0 Å². The molecule has 0 rings (SSSR count). The first-order valence-corrected chi connectivity index (χ1v) is 0. The van der Waals surface area contributed by atoms with Crippen LogP contribution in [0.1, 0.15) is 0 Å². The zero-order valence-corrected chi connectivity index (χ0v) is 5.88. The topological polar surface area (TPSA) is 31.5 Å². The van der Waals surface area contributed by atoms with E-state index in [1.54, 1.807) is 0 Å². The number of hydrogen-bond donors (Lipinski definition) is 0. The molecule has 0 aliphatic heterocycles. The smallest absolute Gasteiger partial charge is 1.00 e. The van der Waals surface area contributed by atoms with Gasteiger partial charge in [0.1, 0.15) is 0 Å². The Morgan fingerprint density at radius 2 is 0.600 bits per heavy atom. The van der Waals surface area contributed by atoms with Gasteiger partial charge in [0.05, 0.1) is 0 Å². The van der Waals surface area contributed by atoms with Crippen LogP contribution in [0.5, 0.6) is 0 Å². The Balaban J connectivity index is 0. The zero-order chi connectivity index (χ0) is 0. The van der Waals surface area contributed by atoms with E-state index in [4.69, 9.17) is 0 Å². The van der Waals surface area contributed by atoms with E-state index in [0.717, 1.165) is 0 Å². The predicted molar refractivity (Wildman–Crippen MR) is 3.61 cm³/mol. The first-order chi connectivity index (χ1) is 0. The second-order valence-electron chi connectivity index (χ2n) is 0. The molecule has 0 aromatic carbocycles. The van der Waals surface area contributed by atoms with Gasteiger partial charge >= 0.3 is 46.9 Å². The van der Waals surface area contributed by atoms with Gasteiger partial charge in [-0.15, -0.1) is 0 Å². The molecule has 0 aliphatic rings. The van der Waals surface area contributed by atoms with Gasteiger partial charge in [-0.25, -0.2) is 0 Å². The van der Waals surface area contributed by atoms with Crippen molar-refractivity contribution in [2.24, 2.45) is 0 Å². The molecule has 0 fully saturated rings. The van der Waals surface area contributed by atoms with E-state index < -0.39 is 0 Å². The van der Waals surface area contributed by atoms with Crippen LogP contribution < -0.4 is 37.2 Å². The second kappa shape index (κ2) is 32.9. The normalized spacial score (nSPS) is 0. The summed E-state index contributed by atoms with van der Waals surface area (Å²) in [5.41, 5.74) is 0. The van der Waals surface area contributed by atoms with Gasteiger partial charge < -0.3 is 42.7 Å². The van der Waals surface area contributed by atoms with E-state index >= 15 is 0 Å². The van der Waals surface area contributed by atoms with Crippen LogP contribution in [0.4, 0.5) is 0 Å². The summed E-state index contributed by atoms with van der Waals surface area (Å²) >= 11 is 0. The van der Waals surface area contributed by atoms with Crippen molar-refractivity contribution < 1.29 is 89.6 Å². The Kier molecular flexibility index (Phi) is 353. The van der Waals surface area contributed by atoms with Gasteiger partial charge in [-0.05, 0) is 0 Å². The van der Waals surface area contributed by atoms with E-state index in [2.05, 4.69) is 0 Å². The third-order valence-corrected chi connectivity index (χ3v) is 0. The molecule has 5 heteroatoms. The Morgan fingerprint density at radius 1 is 0.600 bits per heavy atom. The molecule has 0 saturated heterocycles. The zero-order valence-electron chi connectivity index (χ0n) is 1.90. The van der Waals surface area contributed by atoms with E-state index in [1.165, 1.54) is 0 Å². The minimum atomic E-state index is 0. The van der Waals surface area contributed by atoms with Crippen LogP contribution >= 0.6 is 0 Å². The minimum Gasteiger partial charge on any atom is -1.00 e. The first-order valence-electron chi connectivity index (χ1n) is 0. The molecule has 1 radical (unpaired) electrons. The summed E-state index contributed by atoms with van der Waals surface area (Å²) in [7, 11) is 0. The average molecular weight is 297 g/mol. The third-order valence-electron chi connectivity index (χ3n) is 0. The molecule has 0 aromatic rings. The predicted octanol–water partition coefficient (Wildman–Crippen LogP) is -9.81. The van der Waals surface area contributed by atoms with Crippen molar-refractivity contribution in [3.05, 3.63) is 0 Å². The maximum atomic E-state index is 0. The van der Waals surface area contributed by atoms with Crippen LogP contribution in [0, 0.1) is 46.9 Å². The number of hydrogen-bond acceptors (Lipinski definition) is 0. The van der Waals surface area contributed by atoms with E-state index in [0.29, 0.717) is 0 Å². The molecule has 0 unspecified atom stereocenters. The van der Waals surface area contributed by atoms with Gasteiger partial charge in [-0.2, -0.15) is 0 Å². The molecule has 0 aromatic heterocycles. The Bertz CT molecular complexity index is 6.85. The largest absolute Gasteiger partial charge is 3.00 e. The summed E-state index contributed by atoms with van der Waals surface area (Å²) in [5.74, 6) is 0. The van der Waals surface area contributed by atoms with Crippen LogP contribution in [-0.4, -0.2) is 5.48 Å². The number of rotatable bonds is 0. The van der Waals surface area contributed by atoms with Gasteiger partial charge in [0.15, 0.2) is 0 Å². The van der Waals surface area contributed by atoms with Crippen molar-refractivity contribution in [1.29, 1.82) is 0 Å². The maximum absolute atomic E-state index is 0. The van der Waals surface area contributed by atoms with Crippen molar-refractivity contribution >= 4 is 0 Å². The summed E-state index contributed by atoms with van der Waals surface area (Å²) in [6.45, 7) is 0. The molecule has 0 saturated carbocycles. The molecule has 0 heterocycles. The fourth-order valence-corrected chi connectivity index (χ4v) is 0. The van der Waals surface area contributed by atoms with Crippen LogP contribution in [0.3, 0.4) is 0 Å². The Hall–Kier alpha value is 2.35.